The molecule has 0 aromatic rings. The number of rotatable bonds is 7. The normalized spacial score (nSPS) is 11.3. The largest absolute Gasteiger partial charge is 0.469 e. The van der Waals surface area contributed by atoms with Gasteiger partial charge >= 0.3 is 11.9 Å². The Kier molecular flexibility index (Phi) is 7.96. The van der Waals surface area contributed by atoms with E-state index >= 15 is 0 Å². The average Bonchev–Trinajstić information content (AvgIpc) is 2.32. The summed E-state index contributed by atoms with van der Waals surface area (Å²) in [5.74, 6) is 2.14. The van der Waals surface area contributed by atoms with E-state index in [0.717, 1.165) is 6.42 Å². The fourth-order valence-electron chi connectivity index (χ4n) is 1.30. The van der Waals surface area contributed by atoms with Crippen LogP contribution >= 0.6 is 0 Å². The van der Waals surface area contributed by atoms with Crippen molar-refractivity contribution in [3.63, 3.8) is 0 Å². The third-order valence-electron chi connectivity index (χ3n) is 2.32. The van der Waals surface area contributed by atoms with Crippen molar-refractivity contribution in [3.8, 4) is 12.3 Å². The second-order valence-corrected chi connectivity index (χ2v) is 3.45. The molecule has 0 heterocycles. The number of methoxy groups -OCH3 is 2. The van der Waals surface area contributed by atoms with Crippen LogP contribution in [0, 0.1) is 18.3 Å². The molecule has 1 unspecified atom stereocenters. The third kappa shape index (κ3) is 6.88. The minimum Gasteiger partial charge on any atom is -0.469 e. The lowest BCUT2D eigenvalue weighted by Crippen LogP contribution is -2.06. The van der Waals surface area contributed by atoms with E-state index in [4.69, 9.17) is 6.42 Å². The maximum Gasteiger partial charge on any atom is 0.305 e. The molecule has 0 aromatic heterocycles. The molecule has 0 aromatic carbocycles. The molecule has 16 heavy (non-hydrogen) atoms. The molecular weight excluding hydrogens is 208 g/mol. The molecule has 0 amide bonds. The van der Waals surface area contributed by atoms with Gasteiger partial charge in [0.1, 0.15) is 0 Å². The van der Waals surface area contributed by atoms with Crippen molar-refractivity contribution in [1.82, 2.24) is 0 Å². The van der Waals surface area contributed by atoms with Crippen LogP contribution in [0.3, 0.4) is 0 Å². The van der Waals surface area contributed by atoms with E-state index in [1.54, 1.807) is 0 Å². The molecule has 0 saturated heterocycles. The topological polar surface area (TPSA) is 52.6 Å². The molecule has 4 nitrogen and oxygen atoms in total. The zero-order valence-electron chi connectivity index (χ0n) is 9.82. The number of hydrogen-bond donors (Lipinski definition) is 0. The Morgan fingerprint density at radius 2 is 1.69 bits per heavy atom. The van der Waals surface area contributed by atoms with Gasteiger partial charge in [0.2, 0.25) is 0 Å². The van der Waals surface area contributed by atoms with Gasteiger partial charge in [-0.3, -0.25) is 9.59 Å². The molecule has 0 bridgehead atoms. The summed E-state index contributed by atoms with van der Waals surface area (Å²) in [6.07, 6.45) is 8.03. The first-order valence-corrected chi connectivity index (χ1v) is 5.23. The van der Waals surface area contributed by atoms with Gasteiger partial charge in [0.05, 0.1) is 14.2 Å². The molecule has 0 fully saturated rings. The summed E-state index contributed by atoms with van der Waals surface area (Å²) in [6, 6.07) is 0. The van der Waals surface area contributed by atoms with Crippen LogP contribution in [0.25, 0.3) is 0 Å². The molecular formula is C12H18O4. The molecule has 0 spiro atoms. The van der Waals surface area contributed by atoms with E-state index in [-0.39, 0.29) is 17.9 Å². The van der Waals surface area contributed by atoms with Crippen molar-refractivity contribution in [1.29, 1.82) is 0 Å². The van der Waals surface area contributed by atoms with Crippen molar-refractivity contribution < 1.29 is 19.1 Å². The fraction of sp³-hybridized carbons (Fsp3) is 0.667. The van der Waals surface area contributed by atoms with Crippen molar-refractivity contribution in [2.24, 2.45) is 5.92 Å². The molecule has 0 aliphatic heterocycles. The van der Waals surface area contributed by atoms with Gasteiger partial charge in [-0.15, -0.1) is 12.3 Å². The number of carbonyl (C=O) groups is 2. The van der Waals surface area contributed by atoms with Crippen molar-refractivity contribution in [2.45, 2.75) is 32.1 Å². The Balaban J connectivity index is 3.72. The fourth-order valence-corrected chi connectivity index (χ4v) is 1.30. The van der Waals surface area contributed by atoms with Crippen LogP contribution in [0.5, 0.6) is 0 Å². The van der Waals surface area contributed by atoms with E-state index in [1.165, 1.54) is 14.2 Å². The van der Waals surface area contributed by atoms with E-state index in [9.17, 15) is 9.59 Å². The number of hydrogen-bond acceptors (Lipinski definition) is 4. The lowest BCUT2D eigenvalue weighted by atomic mass is 9.97. The molecule has 0 radical (unpaired) electrons. The monoisotopic (exact) mass is 226 g/mol. The van der Waals surface area contributed by atoms with Gasteiger partial charge in [-0.25, -0.2) is 0 Å². The Hall–Kier alpha value is -1.50. The maximum atomic E-state index is 10.9. The smallest absolute Gasteiger partial charge is 0.305 e. The predicted molar refractivity (Wildman–Crippen MR) is 59.4 cm³/mol. The van der Waals surface area contributed by atoms with E-state index in [1.807, 2.05) is 0 Å². The summed E-state index contributed by atoms with van der Waals surface area (Å²) >= 11 is 0. The highest BCUT2D eigenvalue weighted by Gasteiger charge is 2.10. The van der Waals surface area contributed by atoms with E-state index in [2.05, 4.69) is 15.4 Å². The van der Waals surface area contributed by atoms with Crippen LogP contribution in [0.1, 0.15) is 32.1 Å². The molecule has 0 N–H and O–H groups in total. The standard InChI is InChI=1S/C12H18O4/c1-4-10(8-9-12(14)16-3)6-5-7-11(13)15-2/h1,10H,5-9H2,2-3H3. The van der Waals surface area contributed by atoms with Gasteiger partial charge in [0, 0.05) is 18.8 Å². The number of carbonyl (C=O) groups excluding carboxylic acids is 2. The van der Waals surface area contributed by atoms with Gasteiger partial charge in [0.15, 0.2) is 0 Å². The average molecular weight is 226 g/mol. The Morgan fingerprint density at radius 3 is 2.19 bits per heavy atom. The van der Waals surface area contributed by atoms with Crippen LogP contribution in [0.4, 0.5) is 0 Å². The molecule has 0 rings (SSSR count). The van der Waals surface area contributed by atoms with Gasteiger partial charge < -0.3 is 9.47 Å². The first kappa shape index (κ1) is 14.5. The van der Waals surface area contributed by atoms with Gasteiger partial charge in [-0.1, -0.05) is 0 Å². The SMILES string of the molecule is C#CC(CCCC(=O)OC)CCC(=O)OC. The summed E-state index contributed by atoms with van der Waals surface area (Å²) in [6.45, 7) is 0. The third-order valence-corrected chi connectivity index (χ3v) is 2.32. The quantitative estimate of drug-likeness (QED) is 0.488. The molecule has 4 heteroatoms. The molecule has 0 aliphatic rings. The summed E-state index contributed by atoms with van der Waals surface area (Å²) in [5, 5.41) is 0. The molecule has 90 valence electrons. The summed E-state index contributed by atoms with van der Waals surface area (Å²) in [5.41, 5.74) is 0. The zero-order valence-corrected chi connectivity index (χ0v) is 9.82. The second-order valence-electron chi connectivity index (χ2n) is 3.45. The van der Waals surface area contributed by atoms with Gasteiger partial charge in [-0.2, -0.15) is 0 Å². The lowest BCUT2D eigenvalue weighted by molar-refractivity contribution is -0.142. The van der Waals surface area contributed by atoms with Crippen molar-refractivity contribution in [3.05, 3.63) is 0 Å². The number of esters is 2. The lowest BCUT2D eigenvalue weighted by Gasteiger charge is -2.08. The first-order valence-electron chi connectivity index (χ1n) is 5.23. The van der Waals surface area contributed by atoms with Crippen molar-refractivity contribution >= 4 is 11.9 Å². The predicted octanol–water partition coefficient (Wildman–Crippen LogP) is 1.53. The Bertz CT molecular complexity index is 265. The minimum absolute atomic E-state index is 0.0174. The van der Waals surface area contributed by atoms with Crippen molar-refractivity contribution in [2.75, 3.05) is 14.2 Å². The van der Waals surface area contributed by atoms with Gasteiger partial charge in [0.25, 0.3) is 0 Å². The van der Waals surface area contributed by atoms with E-state index < -0.39 is 0 Å². The highest BCUT2D eigenvalue weighted by atomic mass is 16.5. The molecule has 1 atom stereocenters. The number of ether oxygens (including phenoxy) is 2. The molecule has 0 aliphatic carbocycles. The van der Waals surface area contributed by atoms with Crippen LogP contribution in [0.15, 0.2) is 0 Å². The van der Waals surface area contributed by atoms with Gasteiger partial charge in [-0.05, 0) is 19.3 Å². The number of terminal acetylenes is 1. The summed E-state index contributed by atoms with van der Waals surface area (Å²) in [4.78, 5) is 21.7. The first-order chi connectivity index (χ1) is 7.63. The minimum atomic E-state index is -0.256. The maximum absolute atomic E-state index is 10.9. The second kappa shape index (κ2) is 8.78. The van der Waals surface area contributed by atoms with E-state index in [0.29, 0.717) is 25.7 Å². The highest BCUT2D eigenvalue weighted by Crippen LogP contribution is 2.14. The van der Waals surface area contributed by atoms with Crippen LogP contribution in [-0.4, -0.2) is 26.2 Å². The van der Waals surface area contributed by atoms with Crippen LogP contribution in [-0.2, 0) is 19.1 Å². The Labute approximate surface area is 96.3 Å². The summed E-state index contributed by atoms with van der Waals surface area (Å²) in [7, 11) is 2.71. The van der Waals surface area contributed by atoms with Crippen LogP contribution in [0.2, 0.25) is 0 Å². The molecule has 0 saturated carbocycles. The Morgan fingerprint density at radius 1 is 1.12 bits per heavy atom. The van der Waals surface area contributed by atoms with Crippen LogP contribution < -0.4 is 0 Å². The zero-order chi connectivity index (χ0) is 12.4. The highest BCUT2D eigenvalue weighted by molar-refractivity contribution is 5.69. The summed E-state index contributed by atoms with van der Waals surface area (Å²) < 4.78 is 9.04.